The molecule has 0 radical (unpaired) electrons. The number of hydrogen-bond acceptors (Lipinski definition) is 5. The molecule has 1 aliphatic carbocycles. The fourth-order valence-corrected chi connectivity index (χ4v) is 2.69. The third-order valence-electron chi connectivity index (χ3n) is 4.06. The summed E-state index contributed by atoms with van der Waals surface area (Å²) in [6.45, 7) is 4.53. The number of esters is 1. The highest BCUT2D eigenvalue weighted by Crippen LogP contribution is 2.24. The van der Waals surface area contributed by atoms with Gasteiger partial charge >= 0.3 is 12.1 Å². The predicted molar refractivity (Wildman–Crippen MR) is 89.0 cm³/mol. The van der Waals surface area contributed by atoms with E-state index in [9.17, 15) is 9.59 Å². The van der Waals surface area contributed by atoms with Gasteiger partial charge in [0.1, 0.15) is 0 Å². The van der Waals surface area contributed by atoms with E-state index >= 15 is 0 Å². The summed E-state index contributed by atoms with van der Waals surface area (Å²) in [4.78, 5) is 23.2. The van der Waals surface area contributed by atoms with Crippen molar-refractivity contribution in [2.75, 3.05) is 26.4 Å². The lowest BCUT2D eigenvalue weighted by Crippen LogP contribution is -2.28. The van der Waals surface area contributed by atoms with Crippen LogP contribution in [0.15, 0.2) is 0 Å². The molecule has 1 rings (SSSR count). The van der Waals surface area contributed by atoms with Gasteiger partial charge in [0.2, 0.25) is 6.79 Å². The van der Waals surface area contributed by atoms with E-state index < -0.39 is 6.09 Å². The van der Waals surface area contributed by atoms with Gasteiger partial charge in [0.25, 0.3) is 0 Å². The van der Waals surface area contributed by atoms with E-state index in [-0.39, 0.29) is 18.7 Å². The highest BCUT2D eigenvalue weighted by atomic mass is 16.7. The summed E-state index contributed by atoms with van der Waals surface area (Å²) in [5, 5.41) is 6.00. The minimum Gasteiger partial charge on any atom is -0.428 e. The maximum absolute atomic E-state index is 11.7. The van der Waals surface area contributed by atoms with E-state index in [2.05, 4.69) is 17.6 Å². The Balaban J connectivity index is 1.90. The van der Waals surface area contributed by atoms with Crippen LogP contribution in [0.2, 0.25) is 0 Å². The highest BCUT2D eigenvalue weighted by Gasteiger charge is 2.22. The summed E-state index contributed by atoms with van der Waals surface area (Å²) in [5.74, 6) is -0.256. The summed E-state index contributed by atoms with van der Waals surface area (Å²) in [6, 6.07) is 0. The quantitative estimate of drug-likeness (QED) is 0.346. The van der Waals surface area contributed by atoms with Gasteiger partial charge in [0.05, 0.1) is 5.92 Å². The van der Waals surface area contributed by atoms with Gasteiger partial charge in [0.15, 0.2) is 0 Å². The first-order valence-corrected chi connectivity index (χ1v) is 9.02. The number of rotatable bonds is 11. The minimum absolute atomic E-state index is 0.0169. The third-order valence-corrected chi connectivity index (χ3v) is 4.06. The van der Waals surface area contributed by atoms with E-state index in [1.54, 1.807) is 0 Å². The molecule has 23 heavy (non-hydrogen) atoms. The lowest BCUT2D eigenvalue weighted by Gasteiger charge is -2.19. The number of alkyl carbamates (subject to hydrolysis) is 1. The van der Waals surface area contributed by atoms with Crippen LogP contribution in [0.5, 0.6) is 0 Å². The van der Waals surface area contributed by atoms with E-state index in [0.717, 1.165) is 64.5 Å². The van der Waals surface area contributed by atoms with Crippen molar-refractivity contribution < 1.29 is 19.1 Å². The van der Waals surface area contributed by atoms with Gasteiger partial charge in [-0.15, -0.1) is 0 Å². The Morgan fingerprint density at radius 1 is 0.957 bits per heavy atom. The van der Waals surface area contributed by atoms with Gasteiger partial charge in [-0.2, -0.15) is 0 Å². The molecule has 0 saturated heterocycles. The standard InChI is InChI=1S/C17H32N2O4/c1-2-11-18-12-7-4-8-13-19-17(21)23-14-22-16(20)15-9-5-3-6-10-15/h15,18H,2-14H2,1H3,(H,19,21). The van der Waals surface area contributed by atoms with Gasteiger partial charge < -0.3 is 20.1 Å². The Kier molecular flexibility index (Phi) is 11.3. The van der Waals surface area contributed by atoms with Crippen molar-refractivity contribution in [3.63, 3.8) is 0 Å². The number of amides is 1. The molecular weight excluding hydrogens is 296 g/mol. The Morgan fingerprint density at radius 3 is 2.43 bits per heavy atom. The van der Waals surface area contributed by atoms with E-state index in [4.69, 9.17) is 9.47 Å². The number of nitrogens with one attached hydrogen (secondary N) is 2. The van der Waals surface area contributed by atoms with Crippen LogP contribution in [-0.2, 0) is 14.3 Å². The molecule has 0 aromatic rings. The fraction of sp³-hybridized carbons (Fsp3) is 0.882. The number of carbonyl (C=O) groups is 2. The molecule has 134 valence electrons. The zero-order valence-electron chi connectivity index (χ0n) is 14.4. The van der Waals surface area contributed by atoms with Gasteiger partial charge in [-0.1, -0.05) is 32.6 Å². The molecule has 6 nitrogen and oxygen atoms in total. The summed E-state index contributed by atoms with van der Waals surface area (Å²) in [5.41, 5.74) is 0. The summed E-state index contributed by atoms with van der Waals surface area (Å²) < 4.78 is 9.86. The molecule has 1 aliphatic rings. The maximum Gasteiger partial charge on any atom is 0.410 e. The molecule has 1 fully saturated rings. The fourth-order valence-electron chi connectivity index (χ4n) is 2.69. The van der Waals surface area contributed by atoms with Crippen molar-refractivity contribution in [3.8, 4) is 0 Å². The van der Waals surface area contributed by atoms with Crippen LogP contribution in [0, 0.1) is 5.92 Å². The highest BCUT2D eigenvalue weighted by molar-refractivity contribution is 5.72. The first-order chi connectivity index (χ1) is 11.2. The van der Waals surface area contributed by atoms with Crippen molar-refractivity contribution in [2.24, 2.45) is 5.92 Å². The van der Waals surface area contributed by atoms with Crippen molar-refractivity contribution in [2.45, 2.75) is 64.7 Å². The van der Waals surface area contributed by atoms with Crippen molar-refractivity contribution >= 4 is 12.1 Å². The molecule has 1 amide bonds. The summed E-state index contributed by atoms with van der Waals surface area (Å²) in [6.07, 6.45) is 8.84. The third kappa shape index (κ3) is 10.2. The molecule has 0 aromatic carbocycles. The van der Waals surface area contributed by atoms with Gasteiger partial charge in [-0.05, 0) is 45.2 Å². The van der Waals surface area contributed by atoms with Crippen LogP contribution in [0.3, 0.4) is 0 Å². The van der Waals surface area contributed by atoms with Gasteiger partial charge in [0, 0.05) is 6.54 Å². The second kappa shape index (κ2) is 13.2. The van der Waals surface area contributed by atoms with Gasteiger partial charge in [-0.3, -0.25) is 4.79 Å². The smallest absolute Gasteiger partial charge is 0.410 e. The molecule has 0 bridgehead atoms. The molecule has 0 heterocycles. The van der Waals surface area contributed by atoms with Crippen LogP contribution >= 0.6 is 0 Å². The molecule has 0 unspecified atom stereocenters. The largest absolute Gasteiger partial charge is 0.428 e. The van der Waals surface area contributed by atoms with Crippen molar-refractivity contribution in [1.29, 1.82) is 0 Å². The minimum atomic E-state index is -0.523. The SMILES string of the molecule is CCCNCCCCCNC(=O)OCOC(=O)C1CCCCC1. The van der Waals surface area contributed by atoms with Crippen LogP contribution in [-0.4, -0.2) is 38.5 Å². The second-order valence-electron chi connectivity index (χ2n) is 6.09. The zero-order chi connectivity index (χ0) is 16.8. The molecule has 2 N–H and O–H groups in total. The molecule has 6 heteroatoms. The van der Waals surface area contributed by atoms with E-state index in [1.807, 2.05) is 0 Å². The first-order valence-electron chi connectivity index (χ1n) is 9.02. The first kappa shape index (κ1) is 19.7. The van der Waals surface area contributed by atoms with Gasteiger partial charge in [-0.25, -0.2) is 4.79 Å². The van der Waals surface area contributed by atoms with Crippen LogP contribution in [0.25, 0.3) is 0 Å². The number of ether oxygens (including phenoxy) is 2. The predicted octanol–water partition coefficient (Wildman–Crippen LogP) is 2.96. The number of carbonyl (C=O) groups excluding carboxylic acids is 2. The normalized spacial score (nSPS) is 15.2. The lowest BCUT2D eigenvalue weighted by molar-refractivity contribution is -0.157. The second-order valence-corrected chi connectivity index (χ2v) is 6.09. The average molecular weight is 328 g/mol. The Morgan fingerprint density at radius 2 is 1.70 bits per heavy atom. The summed E-state index contributed by atoms with van der Waals surface area (Å²) >= 11 is 0. The number of hydrogen-bond donors (Lipinski definition) is 2. The zero-order valence-corrected chi connectivity index (χ0v) is 14.4. The summed E-state index contributed by atoms with van der Waals surface area (Å²) in [7, 11) is 0. The average Bonchev–Trinajstić information content (AvgIpc) is 2.58. The van der Waals surface area contributed by atoms with Crippen LogP contribution in [0.4, 0.5) is 4.79 Å². The Bertz CT molecular complexity index is 331. The Labute approximate surface area is 139 Å². The molecular formula is C17H32N2O4. The molecule has 1 saturated carbocycles. The van der Waals surface area contributed by atoms with Crippen molar-refractivity contribution in [1.82, 2.24) is 10.6 Å². The Hall–Kier alpha value is -1.30. The van der Waals surface area contributed by atoms with E-state index in [0.29, 0.717) is 6.54 Å². The topological polar surface area (TPSA) is 76.7 Å². The van der Waals surface area contributed by atoms with Crippen LogP contribution in [0.1, 0.15) is 64.7 Å². The molecule has 0 atom stereocenters. The number of unbranched alkanes of at least 4 members (excludes halogenated alkanes) is 2. The molecule has 0 aliphatic heterocycles. The molecule has 0 spiro atoms. The monoisotopic (exact) mass is 328 g/mol. The van der Waals surface area contributed by atoms with Crippen LogP contribution < -0.4 is 10.6 Å². The molecule has 0 aromatic heterocycles. The lowest BCUT2D eigenvalue weighted by atomic mass is 9.89. The van der Waals surface area contributed by atoms with E-state index in [1.165, 1.54) is 6.42 Å². The maximum atomic E-state index is 11.7. The van der Waals surface area contributed by atoms with Crippen molar-refractivity contribution in [3.05, 3.63) is 0 Å².